The summed E-state index contributed by atoms with van der Waals surface area (Å²) in [6.45, 7) is 4.99. The second kappa shape index (κ2) is 10.2. The number of aryl methyl sites for hydroxylation is 1. The Hall–Kier alpha value is -4.16. The van der Waals surface area contributed by atoms with Gasteiger partial charge in [0, 0.05) is 54.2 Å². The second-order valence-electron chi connectivity index (χ2n) is 9.72. The molecule has 5 rings (SSSR count). The highest BCUT2D eigenvalue weighted by Gasteiger charge is 2.31. The quantitative estimate of drug-likeness (QED) is 0.358. The fourth-order valence-corrected chi connectivity index (χ4v) is 6.79. The van der Waals surface area contributed by atoms with E-state index in [1.54, 1.807) is 49.5 Å². The molecule has 0 atom stereocenters. The number of piperidine rings is 1. The first kappa shape index (κ1) is 26.4. The molecule has 11 nitrogen and oxygen atoms in total. The first-order chi connectivity index (χ1) is 18.6. The van der Waals surface area contributed by atoms with Crippen molar-refractivity contribution >= 4 is 32.7 Å². The second-order valence-corrected chi connectivity index (χ2v) is 11.7. The number of hydrogen-bond donors (Lipinski definition) is 2. The number of rotatable bonds is 7. The number of fused-ring (bicyclic) bond motifs is 1. The standard InChI is InChI=1S/C27H29N7O4S/c1-16-22(24-23(26(28)35)20-7-3-4-8-21(20)31-25(24)27(29)36)17(2)34(32-16)15-18-9-12-33(13-10-18)39(37,38)19-6-5-11-30-14-19/h3-8,11,14,18H,9-10,12-13,15H2,1-2H3,(H2,28,35)(H2,29,36). The number of carbonyl (C=O) groups is 2. The van der Waals surface area contributed by atoms with Gasteiger partial charge in [-0.1, -0.05) is 18.2 Å². The molecule has 0 radical (unpaired) electrons. The monoisotopic (exact) mass is 547 g/mol. The van der Waals surface area contributed by atoms with Gasteiger partial charge in [0.05, 0.1) is 16.8 Å². The van der Waals surface area contributed by atoms with Crippen LogP contribution in [-0.2, 0) is 16.6 Å². The fraction of sp³-hybridized carbons (Fsp3) is 0.296. The van der Waals surface area contributed by atoms with Crippen LogP contribution in [0, 0.1) is 19.8 Å². The predicted molar refractivity (Wildman–Crippen MR) is 145 cm³/mol. The largest absolute Gasteiger partial charge is 0.366 e. The highest BCUT2D eigenvalue weighted by Crippen LogP contribution is 2.36. The lowest BCUT2D eigenvalue weighted by atomic mass is 9.92. The van der Waals surface area contributed by atoms with Crippen molar-refractivity contribution in [1.82, 2.24) is 24.1 Å². The summed E-state index contributed by atoms with van der Waals surface area (Å²) in [6, 6.07) is 10.1. The molecule has 0 saturated carbocycles. The molecule has 0 aliphatic carbocycles. The summed E-state index contributed by atoms with van der Waals surface area (Å²) in [5.74, 6) is -1.29. The van der Waals surface area contributed by atoms with Crippen LogP contribution < -0.4 is 11.5 Å². The number of aromatic nitrogens is 4. The van der Waals surface area contributed by atoms with Gasteiger partial charge in [0.2, 0.25) is 15.9 Å². The molecular weight excluding hydrogens is 518 g/mol. The van der Waals surface area contributed by atoms with Crippen molar-refractivity contribution in [3.63, 3.8) is 0 Å². The molecule has 4 N–H and O–H groups in total. The molecule has 4 heterocycles. The number of sulfonamides is 1. The van der Waals surface area contributed by atoms with Gasteiger partial charge < -0.3 is 11.5 Å². The minimum absolute atomic E-state index is 0.0397. The summed E-state index contributed by atoms with van der Waals surface area (Å²) in [6.07, 6.45) is 4.22. The van der Waals surface area contributed by atoms with Gasteiger partial charge in [-0.15, -0.1) is 0 Å². The SMILES string of the molecule is Cc1nn(CC2CCN(S(=O)(=O)c3cccnc3)CC2)c(C)c1-c1c(C(N)=O)nc2ccccc2c1C(N)=O. The van der Waals surface area contributed by atoms with E-state index in [0.717, 1.165) is 5.69 Å². The van der Waals surface area contributed by atoms with Gasteiger partial charge in [-0.2, -0.15) is 9.40 Å². The number of nitrogens with two attached hydrogens (primary N) is 2. The number of hydrogen-bond acceptors (Lipinski definition) is 7. The molecule has 12 heteroatoms. The Morgan fingerprint density at radius 2 is 1.72 bits per heavy atom. The number of nitrogens with zero attached hydrogens (tertiary/aromatic N) is 5. The average molecular weight is 548 g/mol. The van der Waals surface area contributed by atoms with Crippen molar-refractivity contribution in [2.45, 2.75) is 38.1 Å². The van der Waals surface area contributed by atoms with Crippen LogP contribution in [0.4, 0.5) is 0 Å². The Labute approximate surface area is 225 Å². The van der Waals surface area contributed by atoms with Gasteiger partial charge in [0.1, 0.15) is 10.6 Å². The summed E-state index contributed by atoms with van der Waals surface area (Å²) in [4.78, 5) is 33.8. The Bertz CT molecular complexity index is 1690. The molecule has 1 aromatic carbocycles. The maximum Gasteiger partial charge on any atom is 0.267 e. The van der Waals surface area contributed by atoms with Crippen molar-refractivity contribution in [1.29, 1.82) is 0 Å². The van der Waals surface area contributed by atoms with Crippen molar-refractivity contribution in [3.8, 4) is 11.1 Å². The molecule has 202 valence electrons. The minimum atomic E-state index is -3.60. The first-order valence-corrected chi connectivity index (χ1v) is 14.0. The fourth-order valence-electron chi connectivity index (χ4n) is 5.35. The van der Waals surface area contributed by atoms with Crippen LogP contribution in [0.25, 0.3) is 22.0 Å². The number of carbonyl (C=O) groups excluding carboxylic acids is 2. The molecule has 1 aliphatic heterocycles. The normalized spacial score (nSPS) is 15.0. The van der Waals surface area contributed by atoms with E-state index in [1.807, 2.05) is 11.6 Å². The third-order valence-electron chi connectivity index (χ3n) is 7.28. The van der Waals surface area contributed by atoms with Gasteiger partial charge in [0.25, 0.3) is 5.91 Å². The molecule has 1 saturated heterocycles. The van der Waals surface area contributed by atoms with Crippen LogP contribution in [0.3, 0.4) is 0 Å². The minimum Gasteiger partial charge on any atom is -0.366 e. The summed E-state index contributed by atoms with van der Waals surface area (Å²) in [7, 11) is -3.60. The lowest BCUT2D eigenvalue weighted by Crippen LogP contribution is -2.39. The van der Waals surface area contributed by atoms with E-state index in [0.29, 0.717) is 54.6 Å². The number of pyridine rings is 2. The van der Waals surface area contributed by atoms with Crippen LogP contribution in [-0.4, -0.2) is 57.4 Å². The van der Waals surface area contributed by atoms with Crippen molar-refractivity contribution < 1.29 is 18.0 Å². The van der Waals surface area contributed by atoms with E-state index in [4.69, 9.17) is 16.6 Å². The van der Waals surface area contributed by atoms with Gasteiger partial charge in [0.15, 0.2) is 0 Å². The molecule has 4 aromatic rings. The maximum absolute atomic E-state index is 13.0. The molecular formula is C27H29N7O4S. The van der Waals surface area contributed by atoms with Gasteiger partial charge >= 0.3 is 0 Å². The zero-order chi connectivity index (χ0) is 27.9. The van der Waals surface area contributed by atoms with Crippen LogP contribution in [0.15, 0.2) is 53.7 Å². The molecule has 0 unspecified atom stereocenters. The lowest BCUT2D eigenvalue weighted by molar-refractivity contribution is 0.0996. The van der Waals surface area contributed by atoms with E-state index in [9.17, 15) is 18.0 Å². The first-order valence-electron chi connectivity index (χ1n) is 12.6. The zero-order valence-electron chi connectivity index (χ0n) is 21.7. The number of benzene rings is 1. The highest BCUT2D eigenvalue weighted by atomic mass is 32.2. The van der Waals surface area contributed by atoms with E-state index >= 15 is 0 Å². The van der Waals surface area contributed by atoms with E-state index < -0.39 is 21.8 Å². The van der Waals surface area contributed by atoms with Crippen molar-refractivity contribution in [2.75, 3.05) is 13.1 Å². The Balaban J connectivity index is 1.46. The summed E-state index contributed by atoms with van der Waals surface area (Å²) < 4.78 is 29.3. The van der Waals surface area contributed by atoms with Gasteiger partial charge in [-0.25, -0.2) is 13.4 Å². The summed E-state index contributed by atoms with van der Waals surface area (Å²) in [5.41, 5.74) is 14.3. The molecule has 3 aromatic heterocycles. The lowest BCUT2D eigenvalue weighted by Gasteiger charge is -2.31. The average Bonchev–Trinajstić information content (AvgIpc) is 3.20. The van der Waals surface area contributed by atoms with E-state index in [2.05, 4.69) is 9.97 Å². The molecule has 1 aliphatic rings. The topological polar surface area (TPSA) is 167 Å². The van der Waals surface area contributed by atoms with E-state index in [1.165, 1.54) is 10.5 Å². The third kappa shape index (κ3) is 4.77. The number of primary amides is 2. The van der Waals surface area contributed by atoms with Gasteiger partial charge in [-0.3, -0.25) is 19.3 Å². The third-order valence-corrected chi connectivity index (χ3v) is 9.16. The number of amides is 2. The Morgan fingerprint density at radius 3 is 2.36 bits per heavy atom. The van der Waals surface area contributed by atoms with Gasteiger partial charge in [-0.05, 0) is 50.8 Å². The molecule has 2 amide bonds. The van der Waals surface area contributed by atoms with Crippen molar-refractivity contribution in [3.05, 3.63) is 71.4 Å². The molecule has 1 fully saturated rings. The highest BCUT2D eigenvalue weighted by molar-refractivity contribution is 7.89. The molecule has 0 spiro atoms. The van der Waals surface area contributed by atoms with Crippen LogP contribution in [0.1, 0.15) is 45.1 Å². The van der Waals surface area contributed by atoms with Crippen molar-refractivity contribution in [2.24, 2.45) is 17.4 Å². The summed E-state index contributed by atoms with van der Waals surface area (Å²) >= 11 is 0. The summed E-state index contributed by atoms with van der Waals surface area (Å²) in [5, 5.41) is 5.25. The Kier molecular flexibility index (Phi) is 6.91. The number of para-hydroxylation sites is 1. The van der Waals surface area contributed by atoms with Crippen LogP contribution in [0.2, 0.25) is 0 Å². The maximum atomic E-state index is 13.0. The Morgan fingerprint density at radius 1 is 1.00 bits per heavy atom. The van der Waals surface area contributed by atoms with Crippen LogP contribution in [0.5, 0.6) is 0 Å². The van der Waals surface area contributed by atoms with E-state index in [-0.39, 0.29) is 27.6 Å². The molecule has 0 bridgehead atoms. The zero-order valence-corrected chi connectivity index (χ0v) is 22.5. The molecule has 39 heavy (non-hydrogen) atoms. The van der Waals surface area contributed by atoms with Crippen LogP contribution >= 0.6 is 0 Å². The smallest absolute Gasteiger partial charge is 0.267 e. The predicted octanol–water partition coefficient (Wildman–Crippen LogP) is 2.41.